The van der Waals surface area contributed by atoms with E-state index in [4.69, 9.17) is 0 Å². The summed E-state index contributed by atoms with van der Waals surface area (Å²) in [5, 5.41) is 0.491. The summed E-state index contributed by atoms with van der Waals surface area (Å²) in [6, 6.07) is 0. The minimum Gasteiger partial charge on any atom is -0.118 e. The minimum absolute atomic E-state index is 0.491. The molecular weight excluding hydrogens is 364 g/mol. The van der Waals surface area contributed by atoms with Gasteiger partial charge in [-0.25, -0.2) is 0 Å². The first kappa shape index (κ1) is 15.5. The lowest BCUT2D eigenvalue weighted by molar-refractivity contribution is 0.908. The Bertz CT molecular complexity index is 809. The molecule has 0 saturated carbocycles. The summed E-state index contributed by atoms with van der Waals surface area (Å²) < 4.78 is 1.32. The molecule has 0 amide bonds. The first-order valence-corrected chi connectivity index (χ1v) is 9.96. The largest absolute Gasteiger partial charge is 0.118 e. The molecule has 1 unspecified atom stereocenters. The normalized spacial score (nSPS) is 25.9. The molecule has 0 radical (unpaired) electrons. The van der Waals surface area contributed by atoms with Crippen LogP contribution in [0.25, 0.3) is 0 Å². The van der Waals surface area contributed by atoms with Crippen molar-refractivity contribution in [3.63, 3.8) is 0 Å². The second kappa shape index (κ2) is 5.82. The maximum Gasteiger partial charge on any atom is 0.0544 e. The van der Waals surface area contributed by atoms with Gasteiger partial charge in [-0.2, -0.15) is 0 Å². The molecular formula is C21H21BrS. The quantitative estimate of drug-likeness (QED) is 0.509. The Kier molecular flexibility index (Phi) is 3.93. The Morgan fingerprint density at radius 1 is 1.17 bits per heavy atom. The molecule has 0 aromatic heterocycles. The van der Waals surface area contributed by atoms with E-state index in [1.807, 2.05) is 11.8 Å². The van der Waals surface area contributed by atoms with Crippen LogP contribution in [0.5, 0.6) is 0 Å². The number of hydrogen-bond donors (Lipinski definition) is 0. The van der Waals surface area contributed by atoms with Crippen LogP contribution in [0.2, 0.25) is 0 Å². The van der Waals surface area contributed by atoms with Gasteiger partial charge in [0.25, 0.3) is 0 Å². The highest BCUT2D eigenvalue weighted by atomic mass is 79.9. The first-order valence-electron chi connectivity index (χ1n) is 8.29. The minimum atomic E-state index is 0.491. The van der Waals surface area contributed by atoms with Crippen molar-refractivity contribution in [2.24, 2.45) is 0 Å². The van der Waals surface area contributed by atoms with Crippen molar-refractivity contribution in [2.75, 3.05) is 0 Å². The Morgan fingerprint density at radius 3 is 2.74 bits per heavy atom. The molecule has 0 aromatic carbocycles. The third-order valence-corrected chi connectivity index (χ3v) is 7.45. The summed E-state index contributed by atoms with van der Waals surface area (Å²) in [5.41, 5.74) is 10.4. The van der Waals surface area contributed by atoms with E-state index in [0.717, 1.165) is 12.8 Å². The number of rotatable bonds is 3. The molecule has 1 aliphatic heterocycles. The highest BCUT2D eigenvalue weighted by molar-refractivity contribution is 9.12. The molecule has 2 heteroatoms. The van der Waals surface area contributed by atoms with Crippen LogP contribution in [-0.2, 0) is 0 Å². The van der Waals surface area contributed by atoms with Crippen LogP contribution in [-0.4, -0.2) is 5.25 Å². The summed E-state index contributed by atoms with van der Waals surface area (Å²) in [4.78, 5) is 1.46. The van der Waals surface area contributed by atoms with E-state index in [2.05, 4.69) is 67.1 Å². The average molecular weight is 385 g/mol. The van der Waals surface area contributed by atoms with Gasteiger partial charge in [0.2, 0.25) is 0 Å². The number of hydrogen-bond acceptors (Lipinski definition) is 1. The molecule has 3 aliphatic carbocycles. The summed E-state index contributed by atoms with van der Waals surface area (Å²) in [6.07, 6.45) is 15.1. The maximum absolute atomic E-state index is 3.92. The topological polar surface area (TPSA) is 0 Å². The third kappa shape index (κ3) is 2.51. The summed E-state index contributed by atoms with van der Waals surface area (Å²) in [5.74, 6) is 0. The highest BCUT2D eigenvalue weighted by Gasteiger charge is 2.35. The Morgan fingerprint density at radius 2 is 2.00 bits per heavy atom. The van der Waals surface area contributed by atoms with Crippen molar-refractivity contribution in [3.05, 3.63) is 78.8 Å². The smallest absolute Gasteiger partial charge is 0.0544 e. The molecule has 0 N–H and O–H groups in total. The molecule has 118 valence electrons. The fourth-order valence-electron chi connectivity index (χ4n) is 3.87. The molecule has 4 rings (SSSR count). The molecule has 0 fully saturated rings. The second-order valence-corrected chi connectivity index (χ2v) is 8.85. The zero-order valence-electron chi connectivity index (χ0n) is 13.9. The lowest BCUT2D eigenvalue weighted by atomic mass is 9.88. The molecule has 1 heterocycles. The van der Waals surface area contributed by atoms with Gasteiger partial charge in [0.15, 0.2) is 0 Å². The molecule has 0 bridgehead atoms. The summed E-state index contributed by atoms with van der Waals surface area (Å²) in [6.45, 7) is 6.77. The van der Waals surface area contributed by atoms with Crippen LogP contribution < -0.4 is 0 Å². The van der Waals surface area contributed by atoms with E-state index in [1.165, 1.54) is 43.7 Å². The van der Waals surface area contributed by atoms with Crippen LogP contribution in [0.3, 0.4) is 0 Å². The second-order valence-electron chi connectivity index (χ2n) is 6.70. The standard InChI is InChI=1S/C21H21BrS/c1-12-10-18-17(16(12)9-8-15-6-4-5-7-15)11-19-20(21(18)22)13(2)14(3)23-19/h4-6,10-11,19H,7-9H2,1-3H3. The predicted molar refractivity (Wildman–Crippen MR) is 106 cm³/mol. The number of fused-ring (bicyclic) bond motifs is 2. The van der Waals surface area contributed by atoms with Gasteiger partial charge in [-0.1, -0.05) is 29.9 Å². The highest BCUT2D eigenvalue weighted by Crippen LogP contribution is 2.53. The van der Waals surface area contributed by atoms with E-state index in [9.17, 15) is 0 Å². The van der Waals surface area contributed by atoms with Gasteiger partial charge in [0, 0.05) is 4.48 Å². The van der Waals surface area contributed by atoms with Gasteiger partial charge in [0.05, 0.1) is 5.25 Å². The maximum atomic E-state index is 3.92. The van der Waals surface area contributed by atoms with E-state index in [0.29, 0.717) is 5.25 Å². The summed E-state index contributed by atoms with van der Waals surface area (Å²) in [7, 11) is 0. The van der Waals surface area contributed by atoms with Gasteiger partial charge >= 0.3 is 0 Å². The van der Waals surface area contributed by atoms with Crippen LogP contribution in [0.1, 0.15) is 40.0 Å². The van der Waals surface area contributed by atoms with Crippen LogP contribution >= 0.6 is 27.7 Å². The van der Waals surface area contributed by atoms with Gasteiger partial charge in [0.1, 0.15) is 0 Å². The van der Waals surface area contributed by atoms with E-state index in [1.54, 1.807) is 11.1 Å². The van der Waals surface area contributed by atoms with Crippen LogP contribution in [0.4, 0.5) is 0 Å². The molecule has 1 atom stereocenters. The lowest BCUT2D eigenvalue weighted by Crippen LogP contribution is -2.10. The molecule has 0 nitrogen and oxygen atoms in total. The van der Waals surface area contributed by atoms with E-state index in [-0.39, 0.29) is 0 Å². The monoisotopic (exact) mass is 384 g/mol. The molecule has 4 aliphatic rings. The zero-order chi connectivity index (χ0) is 16.1. The van der Waals surface area contributed by atoms with Gasteiger partial charge < -0.3 is 0 Å². The van der Waals surface area contributed by atoms with Crippen LogP contribution in [0.15, 0.2) is 78.8 Å². The third-order valence-electron chi connectivity index (χ3n) is 5.31. The molecule has 23 heavy (non-hydrogen) atoms. The first-order chi connectivity index (χ1) is 11.1. The average Bonchev–Trinajstić information content (AvgIpc) is 3.19. The Labute approximate surface area is 151 Å². The van der Waals surface area contributed by atoms with Crippen molar-refractivity contribution < 1.29 is 0 Å². The van der Waals surface area contributed by atoms with Crippen LogP contribution in [0, 0.1) is 0 Å². The Balaban J connectivity index is 1.62. The SMILES string of the molecule is CC1=C(CCC2=CC=CC2)C2=CC3SC(C)=C(C)C3=C(Br)C2=C1. The molecule has 0 spiro atoms. The van der Waals surface area contributed by atoms with Gasteiger partial charge in [-0.05, 0) is 100 Å². The number of halogens is 1. The number of allylic oxidation sites excluding steroid dienone is 12. The van der Waals surface area contributed by atoms with E-state index >= 15 is 0 Å². The van der Waals surface area contributed by atoms with Crippen molar-refractivity contribution in [1.29, 1.82) is 0 Å². The van der Waals surface area contributed by atoms with Crippen molar-refractivity contribution in [2.45, 2.75) is 45.3 Å². The predicted octanol–water partition coefficient (Wildman–Crippen LogP) is 6.91. The van der Waals surface area contributed by atoms with Crippen molar-refractivity contribution >= 4 is 27.7 Å². The molecule has 0 saturated heterocycles. The number of thioether (sulfide) groups is 1. The lowest BCUT2D eigenvalue weighted by Gasteiger charge is -2.23. The molecule has 0 aromatic rings. The summed E-state index contributed by atoms with van der Waals surface area (Å²) >= 11 is 5.92. The Hall–Kier alpha value is -0.990. The van der Waals surface area contributed by atoms with Crippen molar-refractivity contribution in [1.82, 2.24) is 0 Å². The van der Waals surface area contributed by atoms with Gasteiger partial charge in [-0.15, -0.1) is 11.8 Å². The van der Waals surface area contributed by atoms with Gasteiger partial charge in [-0.3, -0.25) is 0 Å². The fraction of sp³-hybridized carbons (Fsp3) is 0.333. The fourth-order valence-corrected chi connectivity index (χ4v) is 6.17. The van der Waals surface area contributed by atoms with E-state index < -0.39 is 0 Å². The van der Waals surface area contributed by atoms with Crippen molar-refractivity contribution in [3.8, 4) is 0 Å². The zero-order valence-corrected chi connectivity index (χ0v) is 16.3.